The lowest BCUT2D eigenvalue weighted by molar-refractivity contribution is -0.123. The lowest BCUT2D eigenvalue weighted by Gasteiger charge is -2.12. The van der Waals surface area contributed by atoms with Crippen LogP contribution in [-0.4, -0.2) is 33.7 Å². The van der Waals surface area contributed by atoms with Gasteiger partial charge in [0.25, 0.3) is 15.9 Å². The number of ether oxygens (including phenoxy) is 1. The third kappa shape index (κ3) is 6.03. The van der Waals surface area contributed by atoms with Crippen LogP contribution in [0.2, 0.25) is 5.02 Å². The fourth-order valence-corrected chi connectivity index (χ4v) is 3.41. The molecule has 1 amide bonds. The number of carbonyl (C=O) groups is 1. The van der Waals surface area contributed by atoms with Crippen LogP contribution in [0.1, 0.15) is 17.3 Å². The molecule has 0 unspecified atom stereocenters. The second kappa shape index (κ2) is 8.70. The highest BCUT2D eigenvalue weighted by Crippen LogP contribution is 2.24. The molecule has 2 aromatic carbocycles. The average Bonchev–Trinajstić information content (AvgIpc) is 2.61. The van der Waals surface area contributed by atoms with E-state index in [9.17, 15) is 26.4 Å². The minimum absolute atomic E-state index is 0.181. The molecule has 0 heterocycles. The number of anilines is 1. The van der Waals surface area contributed by atoms with Gasteiger partial charge in [-0.1, -0.05) is 11.6 Å². The molecule has 6 nitrogen and oxygen atoms in total. The predicted molar refractivity (Wildman–Crippen MR) is 98.3 cm³/mol. The molecule has 28 heavy (non-hydrogen) atoms. The number of hydrogen-bond donors (Lipinski definition) is 2. The third-order valence-corrected chi connectivity index (χ3v) is 5.07. The Morgan fingerprint density at radius 1 is 1.14 bits per heavy atom. The largest absolute Gasteiger partial charge is 0.494 e. The van der Waals surface area contributed by atoms with Crippen LogP contribution < -0.4 is 14.8 Å². The first-order chi connectivity index (χ1) is 13.0. The van der Waals surface area contributed by atoms with Crippen molar-refractivity contribution in [3.05, 3.63) is 53.1 Å². The van der Waals surface area contributed by atoms with Gasteiger partial charge in [-0.2, -0.15) is 13.2 Å². The second-order valence-electron chi connectivity index (χ2n) is 5.50. The van der Waals surface area contributed by atoms with Gasteiger partial charge in [0.2, 0.25) is 0 Å². The smallest absolute Gasteiger partial charge is 0.405 e. The monoisotopic (exact) mass is 436 g/mol. The molecule has 0 fully saturated rings. The van der Waals surface area contributed by atoms with Crippen LogP contribution >= 0.6 is 11.6 Å². The van der Waals surface area contributed by atoms with Gasteiger partial charge in [-0.15, -0.1) is 0 Å². The van der Waals surface area contributed by atoms with Gasteiger partial charge in [0.1, 0.15) is 12.3 Å². The van der Waals surface area contributed by atoms with Crippen molar-refractivity contribution in [1.82, 2.24) is 5.32 Å². The number of amides is 1. The summed E-state index contributed by atoms with van der Waals surface area (Å²) < 4.78 is 69.4. The SMILES string of the molecule is CCOc1ccc(NS(=O)(=O)c2ccc(Cl)c(C(=O)NCC(F)(F)F)c2)cc1. The maximum atomic E-state index is 12.5. The maximum Gasteiger partial charge on any atom is 0.405 e. The quantitative estimate of drug-likeness (QED) is 0.690. The van der Waals surface area contributed by atoms with Gasteiger partial charge in [-0.3, -0.25) is 9.52 Å². The van der Waals surface area contributed by atoms with Crippen LogP contribution in [0.25, 0.3) is 0 Å². The third-order valence-electron chi connectivity index (χ3n) is 3.36. The minimum Gasteiger partial charge on any atom is -0.494 e. The molecule has 0 aliphatic rings. The molecule has 0 spiro atoms. The van der Waals surface area contributed by atoms with E-state index >= 15 is 0 Å². The first kappa shape index (κ1) is 21.8. The number of benzene rings is 2. The van der Waals surface area contributed by atoms with Crippen molar-refractivity contribution in [2.24, 2.45) is 0 Å². The average molecular weight is 437 g/mol. The summed E-state index contributed by atoms with van der Waals surface area (Å²) >= 11 is 5.83. The highest BCUT2D eigenvalue weighted by molar-refractivity contribution is 7.92. The normalized spacial score (nSPS) is 11.8. The summed E-state index contributed by atoms with van der Waals surface area (Å²) in [5, 5.41) is 1.47. The molecule has 0 aliphatic carbocycles. The van der Waals surface area contributed by atoms with Crippen molar-refractivity contribution < 1.29 is 31.1 Å². The Balaban J connectivity index is 2.22. The summed E-state index contributed by atoms with van der Waals surface area (Å²) in [6.45, 7) is 0.693. The molecule has 2 rings (SSSR count). The molecule has 0 saturated heterocycles. The minimum atomic E-state index is -4.61. The van der Waals surface area contributed by atoms with Crippen LogP contribution in [0.15, 0.2) is 47.4 Å². The van der Waals surface area contributed by atoms with Gasteiger partial charge in [0.05, 0.1) is 22.1 Å². The Bertz CT molecular complexity index is 948. The summed E-state index contributed by atoms with van der Waals surface area (Å²) in [4.78, 5) is 11.6. The van der Waals surface area contributed by atoms with Crippen LogP contribution in [0.4, 0.5) is 18.9 Å². The molecular formula is C17H16ClF3N2O4S. The van der Waals surface area contributed by atoms with Crippen molar-refractivity contribution in [3.63, 3.8) is 0 Å². The number of carbonyl (C=O) groups excluding carboxylic acids is 1. The van der Waals surface area contributed by atoms with Crippen LogP contribution in [-0.2, 0) is 10.0 Å². The van der Waals surface area contributed by atoms with Gasteiger partial charge in [0.15, 0.2) is 0 Å². The van der Waals surface area contributed by atoms with Gasteiger partial charge < -0.3 is 10.1 Å². The molecule has 0 aliphatic heterocycles. The van der Waals surface area contributed by atoms with E-state index in [1.165, 1.54) is 12.1 Å². The van der Waals surface area contributed by atoms with Crippen LogP contribution in [0.3, 0.4) is 0 Å². The summed E-state index contributed by atoms with van der Waals surface area (Å²) in [7, 11) is -4.11. The number of nitrogens with one attached hydrogen (secondary N) is 2. The standard InChI is InChI=1S/C17H16ClF3N2O4S/c1-2-27-12-5-3-11(4-6-12)23-28(25,26)13-7-8-15(18)14(9-13)16(24)22-10-17(19,20)21/h3-9,23H,2,10H2,1H3,(H,22,24). The van der Waals surface area contributed by atoms with Crippen molar-refractivity contribution in [3.8, 4) is 5.75 Å². The molecule has 0 radical (unpaired) electrons. The fraction of sp³-hybridized carbons (Fsp3) is 0.235. The van der Waals surface area contributed by atoms with Gasteiger partial charge in [0, 0.05) is 5.69 Å². The Morgan fingerprint density at radius 2 is 1.79 bits per heavy atom. The van der Waals surface area contributed by atoms with Crippen molar-refractivity contribution in [2.45, 2.75) is 18.0 Å². The zero-order valence-corrected chi connectivity index (χ0v) is 16.1. The summed E-state index contributed by atoms with van der Waals surface area (Å²) in [6, 6.07) is 9.27. The van der Waals surface area contributed by atoms with E-state index in [1.54, 1.807) is 24.4 Å². The van der Waals surface area contributed by atoms with E-state index in [2.05, 4.69) is 4.72 Å². The van der Waals surface area contributed by atoms with E-state index in [-0.39, 0.29) is 21.2 Å². The molecule has 0 bridgehead atoms. The first-order valence-electron chi connectivity index (χ1n) is 7.92. The van der Waals surface area contributed by atoms with Crippen LogP contribution in [0.5, 0.6) is 5.75 Å². The molecule has 11 heteroatoms. The summed E-state index contributed by atoms with van der Waals surface area (Å²) in [5.74, 6) is -0.582. The molecular weight excluding hydrogens is 421 g/mol. The van der Waals surface area contributed by atoms with Crippen molar-refractivity contribution >= 4 is 33.2 Å². The van der Waals surface area contributed by atoms with E-state index < -0.39 is 28.7 Å². The zero-order chi connectivity index (χ0) is 20.9. The Hall–Kier alpha value is -2.46. The highest BCUT2D eigenvalue weighted by Gasteiger charge is 2.28. The van der Waals surface area contributed by atoms with Crippen LogP contribution in [0, 0.1) is 0 Å². The number of sulfonamides is 1. The lowest BCUT2D eigenvalue weighted by Crippen LogP contribution is -2.34. The number of halogens is 4. The summed E-state index contributed by atoms with van der Waals surface area (Å²) in [6.07, 6.45) is -4.61. The van der Waals surface area contributed by atoms with E-state index in [4.69, 9.17) is 16.3 Å². The zero-order valence-electron chi connectivity index (χ0n) is 14.5. The van der Waals surface area contributed by atoms with Crippen molar-refractivity contribution in [1.29, 1.82) is 0 Å². The molecule has 2 N–H and O–H groups in total. The Labute approximate surface area is 164 Å². The molecule has 2 aromatic rings. The topological polar surface area (TPSA) is 84.5 Å². The van der Waals surface area contributed by atoms with Gasteiger partial charge >= 0.3 is 6.18 Å². The fourth-order valence-electron chi connectivity index (χ4n) is 2.12. The highest BCUT2D eigenvalue weighted by atomic mass is 35.5. The summed E-state index contributed by atoms with van der Waals surface area (Å²) in [5.41, 5.74) is -0.151. The second-order valence-corrected chi connectivity index (χ2v) is 7.59. The molecule has 0 saturated carbocycles. The number of rotatable bonds is 7. The number of alkyl halides is 3. The first-order valence-corrected chi connectivity index (χ1v) is 9.78. The Morgan fingerprint density at radius 3 is 2.36 bits per heavy atom. The maximum absolute atomic E-state index is 12.5. The van der Waals surface area contributed by atoms with Gasteiger partial charge in [-0.05, 0) is 49.4 Å². The van der Waals surface area contributed by atoms with Gasteiger partial charge in [-0.25, -0.2) is 8.42 Å². The van der Waals surface area contributed by atoms with E-state index in [1.807, 2.05) is 0 Å². The molecule has 152 valence electrons. The van der Waals surface area contributed by atoms with E-state index in [0.717, 1.165) is 18.2 Å². The lowest BCUT2D eigenvalue weighted by atomic mass is 10.2. The van der Waals surface area contributed by atoms with Crippen molar-refractivity contribution in [2.75, 3.05) is 17.9 Å². The number of hydrogen-bond acceptors (Lipinski definition) is 4. The molecule has 0 atom stereocenters. The Kier molecular flexibility index (Phi) is 6.78. The van der Waals surface area contributed by atoms with E-state index in [0.29, 0.717) is 12.4 Å². The predicted octanol–water partition coefficient (Wildman–Crippen LogP) is 3.83. The molecule has 0 aromatic heterocycles.